The number of carbonyl (C=O) groups is 2. The highest BCUT2D eigenvalue weighted by Crippen LogP contribution is 2.24. The van der Waals surface area contributed by atoms with Gasteiger partial charge in [-0.2, -0.15) is 0 Å². The molecule has 132 valence electrons. The molecule has 1 unspecified atom stereocenters. The number of rotatable bonds is 5. The van der Waals surface area contributed by atoms with Crippen molar-refractivity contribution in [3.8, 4) is 5.75 Å². The molecule has 0 saturated carbocycles. The average Bonchev–Trinajstić information content (AvgIpc) is 2.60. The van der Waals surface area contributed by atoms with Gasteiger partial charge in [-0.3, -0.25) is 4.79 Å². The Morgan fingerprint density at radius 3 is 2.79 bits per heavy atom. The zero-order valence-corrected chi connectivity index (χ0v) is 14.7. The number of hydrogen-bond acceptors (Lipinski definition) is 3. The normalized spacial score (nSPS) is 17.5. The largest absolute Gasteiger partial charge is 0.495 e. The van der Waals surface area contributed by atoms with Crippen molar-refractivity contribution < 1.29 is 14.3 Å². The van der Waals surface area contributed by atoms with E-state index in [1.54, 1.807) is 7.11 Å². The first-order valence-electron chi connectivity index (χ1n) is 8.48. The van der Waals surface area contributed by atoms with Gasteiger partial charge < -0.3 is 20.3 Å². The van der Waals surface area contributed by atoms with E-state index in [-0.39, 0.29) is 17.9 Å². The first kappa shape index (κ1) is 18.1. The van der Waals surface area contributed by atoms with Gasteiger partial charge in [0.25, 0.3) is 0 Å². The maximum Gasteiger partial charge on any atom is 0.321 e. The quantitative estimate of drug-likeness (QED) is 0.870. The van der Waals surface area contributed by atoms with Gasteiger partial charge in [-0.15, -0.1) is 0 Å². The molecule has 0 aromatic heterocycles. The minimum atomic E-state index is -0.126. The van der Waals surface area contributed by atoms with E-state index in [9.17, 15) is 9.59 Å². The molecule has 1 saturated heterocycles. The van der Waals surface area contributed by atoms with Gasteiger partial charge in [0.1, 0.15) is 5.75 Å². The Bertz CT molecular complexity index is 574. The molecule has 0 radical (unpaired) electrons. The van der Waals surface area contributed by atoms with E-state index < -0.39 is 0 Å². The highest BCUT2D eigenvalue weighted by Gasteiger charge is 2.24. The third kappa shape index (κ3) is 4.88. The first-order valence-corrected chi connectivity index (χ1v) is 8.48. The topological polar surface area (TPSA) is 70.7 Å². The maximum atomic E-state index is 12.5. The van der Waals surface area contributed by atoms with E-state index in [1.807, 2.05) is 43.0 Å². The number of urea groups is 1. The number of methoxy groups -OCH3 is 1. The summed E-state index contributed by atoms with van der Waals surface area (Å²) in [7, 11) is 1.58. The van der Waals surface area contributed by atoms with Crippen LogP contribution in [0.5, 0.6) is 5.75 Å². The van der Waals surface area contributed by atoms with Gasteiger partial charge in [-0.1, -0.05) is 26.0 Å². The highest BCUT2D eigenvalue weighted by atomic mass is 16.5. The van der Waals surface area contributed by atoms with Crippen molar-refractivity contribution in [3.05, 3.63) is 24.3 Å². The van der Waals surface area contributed by atoms with Crippen LogP contribution in [0.3, 0.4) is 0 Å². The molecule has 1 aliphatic heterocycles. The molecule has 1 aliphatic rings. The SMILES string of the molecule is COc1ccccc1NC(=O)N1CCCC(CNC(=O)C(C)C)C1. The number of piperidine rings is 1. The third-order valence-corrected chi connectivity index (χ3v) is 4.24. The predicted molar refractivity (Wildman–Crippen MR) is 94.2 cm³/mol. The molecule has 3 amide bonds. The third-order valence-electron chi connectivity index (χ3n) is 4.24. The summed E-state index contributed by atoms with van der Waals surface area (Å²) in [5, 5.41) is 5.87. The molecule has 2 N–H and O–H groups in total. The Morgan fingerprint density at radius 2 is 2.08 bits per heavy atom. The lowest BCUT2D eigenvalue weighted by Gasteiger charge is -2.33. The van der Waals surface area contributed by atoms with Gasteiger partial charge in [0.05, 0.1) is 12.8 Å². The fourth-order valence-electron chi connectivity index (χ4n) is 2.81. The summed E-state index contributed by atoms with van der Waals surface area (Å²) in [4.78, 5) is 26.0. The number of nitrogens with one attached hydrogen (secondary N) is 2. The van der Waals surface area contributed by atoms with Crippen molar-refractivity contribution in [1.29, 1.82) is 0 Å². The number of amides is 3. The van der Waals surface area contributed by atoms with Gasteiger partial charge >= 0.3 is 6.03 Å². The fourth-order valence-corrected chi connectivity index (χ4v) is 2.81. The summed E-state index contributed by atoms with van der Waals surface area (Å²) in [5.74, 6) is 0.984. The van der Waals surface area contributed by atoms with Crippen LogP contribution in [0.4, 0.5) is 10.5 Å². The van der Waals surface area contributed by atoms with Crippen LogP contribution in [0.25, 0.3) is 0 Å². The summed E-state index contributed by atoms with van der Waals surface area (Å²) in [5.41, 5.74) is 0.667. The second-order valence-corrected chi connectivity index (χ2v) is 6.48. The molecule has 0 spiro atoms. The van der Waals surface area contributed by atoms with E-state index in [2.05, 4.69) is 10.6 Å². The van der Waals surface area contributed by atoms with Gasteiger partial charge in [0.2, 0.25) is 5.91 Å². The van der Waals surface area contributed by atoms with Crippen LogP contribution < -0.4 is 15.4 Å². The number of carbonyl (C=O) groups excluding carboxylic acids is 2. The van der Waals surface area contributed by atoms with E-state index >= 15 is 0 Å². The van der Waals surface area contributed by atoms with Crippen molar-refractivity contribution in [2.45, 2.75) is 26.7 Å². The monoisotopic (exact) mass is 333 g/mol. The summed E-state index contributed by atoms with van der Waals surface area (Å²) in [6, 6.07) is 7.23. The summed E-state index contributed by atoms with van der Waals surface area (Å²) in [6.45, 7) is 5.76. The molecule has 1 fully saturated rings. The molecule has 0 bridgehead atoms. The number of anilines is 1. The zero-order valence-electron chi connectivity index (χ0n) is 14.7. The molecule has 0 aliphatic carbocycles. The number of ether oxygens (including phenoxy) is 1. The van der Waals surface area contributed by atoms with Crippen LogP contribution in [0.15, 0.2) is 24.3 Å². The average molecular weight is 333 g/mol. The van der Waals surface area contributed by atoms with Crippen molar-refractivity contribution in [3.63, 3.8) is 0 Å². The lowest BCUT2D eigenvalue weighted by atomic mass is 9.98. The molecule has 6 nitrogen and oxygen atoms in total. The summed E-state index contributed by atoms with van der Waals surface area (Å²) < 4.78 is 5.26. The Balaban J connectivity index is 1.89. The predicted octanol–water partition coefficient (Wildman–Crippen LogP) is 2.71. The highest BCUT2D eigenvalue weighted by molar-refractivity contribution is 5.91. The molecule has 2 rings (SSSR count). The number of likely N-dealkylation sites (tertiary alicyclic amines) is 1. The molecular formula is C18H27N3O3. The lowest BCUT2D eigenvalue weighted by molar-refractivity contribution is -0.124. The van der Waals surface area contributed by atoms with Gasteiger partial charge in [-0.05, 0) is 30.9 Å². The minimum absolute atomic E-state index is 0.0152. The molecule has 1 aromatic carbocycles. The van der Waals surface area contributed by atoms with E-state index in [4.69, 9.17) is 4.74 Å². The van der Waals surface area contributed by atoms with Crippen LogP contribution in [0.2, 0.25) is 0 Å². The molecule has 1 aromatic rings. The Hall–Kier alpha value is -2.24. The number of benzene rings is 1. The molecule has 6 heteroatoms. The van der Waals surface area contributed by atoms with Crippen molar-refractivity contribution in [2.75, 3.05) is 32.1 Å². The molecular weight excluding hydrogens is 306 g/mol. The van der Waals surface area contributed by atoms with Crippen molar-refractivity contribution in [1.82, 2.24) is 10.2 Å². The van der Waals surface area contributed by atoms with Crippen LogP contribution in [0.1, 0.15) is 26.7 Å². The Labute approximate surface area is 143 Å². The Kier molecular flexibility index (Phi) is 6.46. The van der Waals surface area contributed by atoms with E-state index in [0.29, 0.717) is 30.4 Å². The van der Waals surface area contributed by atoms with Gasteiger partial charge in [-0.25, -0.2) is 4.79 Å². The van der Waals surface area contributed by atoms with Crippen LogP contribution in [-0.4, -0.2) is 43.6 Å². The second kappa shape index (κ2) is 8.57. The van der Waals surface area contributed by atoms with Crippen LogP contribution >= 0.6 is 0 Å². The van der Waals surface area contributed by atoms with E-state index in [1.165, 1.54) is 0 Å². The Morgan fingerprint density at radius 1 is 1.33 bits per heavy atom. The van der Waals surface area contributed by atoms with Crippen molar-refractivity contribution in [2.24, 2.45) is 11.8 Å². The first-order chi connectivity index (χ1) is 11.5. The number of para-hydroxylation sites is 2. The zero-order chi connectivity index (χ0) is 17.5. The van der Waals surface area contributed by atoms with Gasteiger partial charge in [0, 0.05) is 25.6 Å². The molecule has 1 heterocycles. The summed E-state index contributed by atoms with van der Waals surface area (Å²) in [6.07, 6.45) is 1.97. The minimum Gasteiger partial charge on any atom is -0.495 e. The maximum absolute atomic E-state index is 12.5. The second-order valence-electron chi connectivity index (χ2n) is 6.48. The molecule has 24 heavy (non-hydrogen) atoms. The summed E-state index contributed by atoms with van der Waals surface area (Å²) >= 11 is 0. The fraction of sp³-hybridized carbons (Fsp3) is 0.556. The van der Waals surface area contributed by atoms with E-state index in [0.717, 1.165) is 19.4 Å². The smallest absolute Gasteiger partial charge is 0.321 e. The standard InChI is InChI=1S/C18H27N3O3/c1-13(2)17(22)19-11-14-7-6-10-21(12-14)18(23)20-15-8-4-5-9-16(15)24-3/h4-5,8-9,13-14H,6-7,10-12H2,1-3H3,(H,19,22)(H,20,23). The van der Waals surface area contributed by atoms with Crippen LogP contribution in [-0.2, 0) is 4.79 Å². The number of nitrogens with zero attached hydrogens (tertiary/aromatic N) is 1. The number of hydrogen-bond donors (Lipinski definition) is 2. The van der Waals surface area contributed by atoms with Crippen molar-refractivity contribution >= 4 is 17.6 Å². The molecule has 1 atom stereocenters. The van der Waals surface area contributed by atoms with Gasteiger partial charge in [0.15, 0.2) is 0 Å². The van der Waals surface area contributed by atoms with Crippen LogP contribution in [0, 0.1) is 11.8 Å². The lowest BCUT2D eigenvalue weighted by Crippen LogP contribution is -2.45.